The number of hydrogen-bond donors (Lipinski definition) is 0. The summed E-state index contributed by atoms with van der Waals surface area (Å²) in [6, 6.07) is 3.86. The molecule has 0 N–H and O–H groups in total. The van der Waals surface area contributed by atoms with Gasteiger partial charge in [0.05, 0.1) is 11.0 Å². The molecule has 5 heteroatoms. The van der Waals surface area contributed by atoms with E-state index < -0.39 is 9.84 Å². The zero-order chi connectivity index (χ0) is 13.4. The van der Waals surface area contributed by atoms with Crippen LogP contribution in [-0.4, -0.2) is 47.5 Å². The highest BCUT2D eigenvalue weighted by Crippen LogP contribution is 2.22. The Balaban J connectivity index is 2.14. The SMILES string of the molecule is CC(C)(C)N1CCS(=O)(=O)C(Cn2cccc2)C1. The molecule has 1 saturated heterocycles. The van der Waals surface area contributed by atoms with Gasteiger partial charge in [-0.25, -0.2) is 8.42 Å². The first kappa shape index (κ1) is 13.6. The number of sulfone groups is 1. The zero-order valence-corrected chi connectivity index (χ0v) is 12.2. The van der Waals surface area contributed by atoms with E-state index in [0.717, 1.165) is 0 Å². The van der Waals surface area contributed by atoms with Crippen LogP contribution in [0.4, 0.5) is 0 Å². The molecule has 0 aliphatic carbocycles. The average molecular weight is 270 g/mol. The van der Waals surface area contributed by atoms with Gasteiger partial charge in [-0.05, 0) is 32.9 Å². The third-order valence-corrected chi connectivity index (χ3v) is 5.67. The van der Waals surface area contributed by atoms with Crippen LogP contribution in [0.2, 0.25) is 0 Å². The van der Waals surface area contributed by atoms with Gasteiger partial charge in [0.1, 0.15) is 0 Å². The van der Waals surface area contributed by atoms with Crippen LogP contribution in [-0.2, 0) is 16.4 Å². The van der Waals surface area contributed by atoms with E-state index in [9.17, 15) is 8.42 Å². The molecule has 2 heterocycles. The molecule has 4 nitrogen and oxygen atoms in total. The van der Waals surface area contributed by atoms with E-state index in [1.807, 2.05) is 29.1 Å². The van der Waals surface area contributed by atoms with E-state index in [1.165, 1.54) is 0 Å². The molecule has 0 amide bonds. The summed E-state index contributed by atoms with van der Waals surface area (Å²) >= 11 is 0. The van der Waals surface area contributed by atoms with Crippen molar-refractivity contribution in [2.24, 2.45) is 0 Å². The van der Waals surface area contributed by atoms with E-state index >= 15 is 0 Å². The third kappa shape index (κ3) is 2.95. The lowest BCUT2D eigenvalue weighted by molar-refractivity contribution is 0.136. The van der Waals surface area contributed by atoms with Gasteiger partial charge in [0.2, 0.25) is 0 Å². The maximum absolute atomic E-state index is 12.1. The van der Waals surface area contributed by atoms with Crippen LogP contribution in [0.15, 0.2) is 24.5 Å². The van der Waals surface area contributed by atoms with Crippen LogP contribution < -0.4 is 0 Å². The molecule has 18 heavy (non-hydrogen) atoms. The molecule has 1 aromatic rings. The van der Waals surface area contributed by atoms with Crippen molar-refractivity contribution in [1.82, 2.24) is 9.47 Å². The van der Waals surface area contributed by atoms with Gasteiger partial charge >= 0.3 is 0 Å². The highest BCUT2D eigenvalue weighted by molar-refractivity contribution is 7.92. The molecule has 0 radical (unpaired) electrons. The molecule has 102 valence electrons. The molecule has 1 fully saturated rings. The Morgan fingerprint density at radius 1 is 1.22 bits per heavy atom. The fourth-order valence-corrected chi connectivity index (χ4v) is 3.98. The molecule has 2 rings (SSSR count). The lowest BCUT2D eigenvalue weighted by atomic mass is 10.1. The fourth-order valence-electron chi connectivity index (χ4n) is 2.36. The number of hydrogen-bond acceptors (Lipinski definition) is 3. The topological polar surface area (TPSA) is 42.3 Å². The Kier molecular flexibility index (Phi) is 3.56. The Bertz CT molecular complexity index is 486. The van der Waals surface area contributed by atoms with Crippen LogP contribution in [0, 0.1) is 0 Å². The molecule has 1 unspecified atom stereocenters. The first-order chi connectivity index (χ1) is 8.29. The van der Waals surface area contributed by atoms with Gasteiger partial charge in [-0.3, -0.25) is 4.90 Å². The first-order valence-corrected chi connectivity index (χ1v) is 8.08. The largest absolute Gasteiger partial charge is 0.353 e. The van der Waals surface area contributed by atoms with Crippen LogP contribution in [0.5, 0.6) is 0 Å². The van der Waals surface area contributed by atoms with Crippen LogP contribution in [0.1, 0.15) is 20.8 Å². The van der Waals surface area contributed by atoms with Crippen molar-refractivity contribution in [3.63, 3.8) is 0 Å². The summed E-state index contributed by atoms with van der Waals surface area (Å²) in [6.45, 7) is 8.24. The van der Waals surface area contributed by atoms with E-state index in [1.54, 1.807) is 0 Å². The van der Waals surface area contributed by atoms with Crippen molar-refractivity contribution < 1.29 is 8.42 Å². The molecule has 1 aliphatic rings. The lowest BCUT2D eigenvalue weighted by Crippen LogP contribution is -2.54. The van der Waals surface area contributed by atoms with E-state index in [2.05, 4.69) is 25.7 Å². The fraction of sp³-hybridized carbons (Fsp3) is 0.692. The number of rotatable bonds is 2. The van der Waals surface area contributed by atoms with E-state index in [-0.39, 0.29) is 16.5 Å². The Morgan fingerprint density at radius 2 is 1.83 bits per heavy atom. The number of nitrogens with zero attached hydrogens (tertiary/aromatic N) is 2. The summed E-state index contributed by atoms with van der Waals surface area (Å²) in [7, 11) is -2.96. The molecular formula is C13H22N2O2S. The predicted octanol–water partition coefficient (Wildman–Crippen LogP) is 1.39. The first-order valence-electron chi connectivity index (χ1n) is 6.36. The zero-order valence-electron chi connectivity index (χ0n) is 11.3. The van der Waals surface area contributed by atoms with Crippen molar-refractivity contribution in [2.75, 3.05) is 18.8 Å². The molecule has 1 atom stereocenters. The van der Waals surface area contributed by atoms with Crippen LogP contribution in [0.3, 0.4) is 0 Å². The van der Waals surface area contributed by atoms with Crippen LogP contribution in [0.25, 0.3) is 0 Å². The Morgan fingerprint density at radius 3 is 2.39 bits per heavy atom. The van der Waals surface area contributed by atoms with Gasteiger partial charge < -0.3 is 4.57 Å². The van der Waals surface area contributed by atoms with Crippen LogP contribution >= 0.6 is 0 Å². The van der Waals surface area contributed by atoms with E-state index in [0.29, 0.717) is 19.6 Å². The molecule has 0 spiro atoms. The average Bonchev–Trinajstić information content (AvgIpc) is 2.72. The third-order valence-electron chi connectivity index (χ3n) is 3.61. The van der Waals surface area contributed by atoms with Crippen molar-refractivity contribution >= 4 is 9.84 Å². The molecular weight excluding hydrogens is 248 g/mol. The predicted molar refractivity (Wildman–Crippen MR) is 73.3 cm³/mol. The molecule has 1 aromatic heterocycles. The molecule has 1 aliphatic heterocycles. The maximum atomic E-state index is 12.1. The lowest BCUT2D eigenvalue weighted by Gasteiger charge is -2.41. The normalized spacial score (nSPS) is 25.2. The second-order valence-electron chi connectivity index (χ2n) is 5.99. The minimum atomic E-state index is -2.96. The van der Waals surface area contributed by atoms with Gasteiger partial charge in [0, 0.05) is 37.6 Å². The quantitative estimate of drug-likeness (QED) is 0.815. The highest BCUT2D eigenvalue weighted by Gasteiger charge is 2.36. The Hall–Kier alpha value is -0.810. The summed E-state index contributed by atoms with van der Waals surface area (Å²) in [5.74, 6) is 0.274. The summed E-state index contributed by atoms with van der Waals surface area (Å²) < 4.78 is 26.2. The van der Waals surface area contributed by atoms with Gasteiger partial charge in [0.15, 0.2) is 9.84 Å². The standard InChI is InChI=1S/C13H22N2O2S/c1-13(2,3)15-8-9-18(16,17)12(11-15)10-14-6-4-5-7-14/h4-7,12H,8-11H2,1-3H3. The summed E-state index contributed by atoms with van der Waals surface area (Å²) in [5, 5.41) is -0.294. The van der Waals surface area contributed by atoms with Gasteiger partial charge in [-0.15, -0.1) is 0 Å². The smallest absolute Gasteiger partial charge is 0.157 e. The Labute approximate surface area is 110 Å². The molecule has 0 saturated carbocycles. The van der Waals surface area contributed by atoms with Gasteiger partial charge in [0.25, 0.3) is 0 Å². The van der Waals surface area contributed by atoms with Gasteiger partial charge in [-0.2, -0.15) is 0 Å². The summed E-state index contributed by atoms with van der Waals surface area (Å²) in [5.41, 5.74) is 0.0326. The molecule has 0 bridgehead atoms. The second kappa shape index (κ2) is 4.70. The molecule has 0 aromatic carbocycles. The summed E-state index contributed by atoms with van der Waals surface area (Å²) in [6.07, 6.45) is 3.84. The minimum Gasteiger partial charge on any atom is -0.353 e. The van der Waals surface area contributed by atoms with Crippen molar-refractivity contribution in [1.29, 1.82) is 0 Å². The van der Waals surface area contributed by atoms with Crippen molar-refractivity contribution in [3.05, 3.63) is 24.5 Å². The monoisotopic (exact) mass is 270 g/mol. The van der Waals surface area contributed by atoms with Gasteiger partial charge in [-0.1, -0.05) is 0 Å². The minimum absolute atomic E-state index is 0.0326. The highest BCUT2D eigenvalue weighted by atomic mass is 32.2. The second-order valence-corrected chi connectivity index (χ2v) is 8.39. The van der Waals surface area contributed by atoms with Crippen molar-refractivity contribution in [2.45, 2.75) is 38.1 Å². The van der Waals surface area contributed by atoms with Crippen molar-refractivity contribution in [3.8, 4) is 0 Å². The summed E-state index contributed by atoms with van der Waals surface area (Å²) in [4.78, 5) is 2.27. The maximum Gasteiger partial charge on any atom is 0.157 e. The number of aromatic nitrogens is 1. The van der Waals surface area contributed by atoms with E-state index in [4.69, 9.17) is 0 Å².